The molecule has 0 bridgehead atoms. The normalized spacial score (nSPS) is 16.9. The van der Waals surface area contributed by atoms with Gasteiger partial charge in [0.15, 0.2) is 10.1 Å². The molecular formula is C27H19BrFN7O2S2. The Hall–Kier alpha value is -4.04. The van der Waals surface area contributed by atoms with Crippen molar-refractivity contribution in [2.75, 3.05) is 16.0 Å². The zero-order chi connectivity index (χ0) is 28.4. The molecule has 1 aliphatic heterocycles. The quantitative estimate of drug-likeness (QED) is 0.342. The number of carbonyl (C=O) groups excluding carboxylic acids is 2. The molecular weight excluding hydrogens is 617 g/mol. The first-order valence-electron chi connectivity index (χ1n) is 12.0. The maximum atomic E-state index is 15.1. The van der Waals surface area contributed by atoms with Crippen LogP contribution in [0.1, 0.15) is 36.3 Å². The van der Waals surface area contributed by atoms with Gasteiger partial charge in [0, 0.05) is 33.4 Å². The van der Waals surface area contributed by atoms with Gasteiger partial charge in [0.05, 0.1) is 34.9 Å². The Morgan fingerprint density at radius 1 is 1.20 bits per heavy atom. The van der Waals surface area contributed by atoms with E-state index in [2.05, 4.69) is 37.5 Å². The number of carbonyl (C=O) groups is 2. The molecule has 2 heterocycles. The number of benzene rings is 2. The Morgan fingerprint density at radius 3 is 2.67 bits per heavy atom. The lowest BCUT2D eigenvalue weighted by atomic mass is 9.75. The minimum atomic E-state index is -0.926. The van der Waals surface area contributed by atoms with Crippen LogP contribution >= 0.6 is 39.0 Å². The number of Topliss-reactive ketones (excluding diaryl/α,β-unsaturated/α-hetero) is 1. The summed E-state index contributed by atoms with van der Waals surface area (Å²) in [6.45, 7) is 0. The number of allylic oxidation sites excluding steroid dienone is 3. The number of nitrogens with zero attached hydrogens (tertiary/aromatic N) is 5. The Balaban J connectivity index is 1.41. The number of nitriles is 2. The Morgan fingerprint density at radius 2 is 1.98 bits per heavy atom. The minimum Gasteiger partial charge on any atom is -0.384 e. The maximum absolute atomic E-state index is 15.1. The highest BCUT2D eigenvalue weighted by Gasteiger charge is 2.42. The standard InChI is InChI=1S/C27H19BrFN7O2S2/c28-15-6-9-17(19(29)10-15)23-18(12-31)25(32)36(20-2-1-3-21(37)24(20)23)26-34-35-27(40-26)39-13-22(38)33-16-7-4-14(11-30)5-8-16/h4-10,23H,1-3,13,32H2,(H,33,38). The van der Waals surface area contributed by atoms with Gasteiger partial charge in [-0.15, -0.1) is 10.2 Å². The number of aromatic nitrogens is 2. The summed E-state index contributed by atoms with van der Waals surface area (Å²) in [5.74, 6) is -1.79. The highest BCUT2D eigenvalue weighted by atomic mass is 79.9. The van der Waals surface area contributed by atoms with Crippen molar-refractivity contribution in [2.24, 2.45) is 5.73 Å². The third-order valence-electron chi connectivity index (χ3n) is 6.40. The van der Waals surface area contributed by atoms with E-state index in [0.29, 0.717) is 49.3 Å². The second kappa shape index (κ2) is 11.6. The van der Waals surface area contributed by atoms with E-state index in [1.54, 1.807) is 41.3 Å². The average Bonchev–Trinajstić information content (AvgIpc) is 3.40. The SMILES string of the molecule is N#CC1=C(N)N(c2nnc(SCC(=O)Nc3ccc(C#N)cc3)s2)C2=C(C(=O)CCC2)C1c1ccc(Br)cc1F. The first-order valence-corrected chi connectivity index (χ1v) is 14.6. The predicted molar refractivity (Wildman–Crippen MR) is 152 cm³/mol. The molecule has 5 rings (SSSR count). The van der Waals surface area contributed by atoms with Gasteiger partial charge in [-0.2, -0.15) is 10.5 Å². The van der Waals surface area contributed by atoms with Crippen LogP contribution in [0.3, 0.4) is 0 Å². The zero-order valence-electron chi connectivity index (χ0n) is 20.6. The summed E-state index contributed by atoms with van der Waals surface area (Å²) < 4.78 is 16.1. The molecule has 0 spiro atoms. The van der Waals surface area contributed by atoms with Crippen LogP contribution < -0.4 is 16.0 Å². The van der Waals surface area contributed by atoms with Gasteiger partial charge in [-0.3, -0.25) is 14.5 Å². The summed E-state index contributed by atoms with van der Waals surface area (Å²) in [6, 6.07) is 15.2. The fraction of sp³-hybridized carbons (Fsp3) is 0.185. The lowest BCUT2D eigenvalue weighted by molar-refractivity contribution is -0.116. The molecule has 3 N–H and O–H groups in total. The highest BCUT2D eigenvalue weighted by Crippen LogP contribution is 2.47. The number of hydrogen-bond donors (Lipinski definition) is 2. The lowest BCUT2D eigenvalue weighted by Crippen LogP contribution is -2.38. The van der Waals surface area contributed by atoms with E-state index in [1.807, 2.05) is 6.07 Å². The van der Waals surface area contributed by atoms with Crippen LogP contribution in [-0.2, 0) is 9.59 Å². The van der Waals surface area contributed by atoms with Crippen LogP contribution in [0.2, 0.25) is 0 Å². The Labute approximate surface area is 245 Å². The second-order valence-electron chi connectivity index (χ2n) is 8.86. The van der Waals surface area contributed by atoms with Gasteiger partial charge in [0.2, 0.25) is 11.0 Å². The number of hydrogen-bond acceptors (Lipinski definition) is 10. The fourth-order valence-electron chi connectivity index (χ4n) is 4.66. The van der Waals surface area contributed by atoms with E-state index in [1.165, 1.54) is 29.2 Å². The van der Waals surface area contributed by atoms with Crippen molar-refractivity contribution in [1.29, 1.82) is 10.5 Å². The monoisotopic (exact) mass is 635 g/mol. The average molecular weight is 637 g/mol. The molecule has 2 aromatic carbocycles. The van der Waals surface area contributed by atoms with Crippen molar-refractivity contribution in [1.82, 2.24) is 10.2 Å². The molecule has 0 saturated heterocycles. The van der Waals surface area contributed by atoms with E-state index in [4.69, 9.17) is 11.0 Å². The number of nitrogens with two attached hydrogens (primary N) is 1. The van der Waals surface area contributed by atoms with E-state index in [-0.39, 0.29) is 40.8 Å². The van der Waals surface area contributed by atoms with Crippen LogP contribution in [0.15, 0.2) is 73.9 Å². The molecule has 1 aliphatic carbocycles. The first-order chi connectivity index (χ1) is 19.3. The Kier molecular flexibility index (Phi) is 7.98. The molecule has 1 atom stereocenters. The van der Waals surface area contributed by atoms with Gasteiger partial charge in [-0.1, -0.05) is 45.1 Å². The molecule has 2 aliphatic rings. The van der Waals surface area contributed by atoms with Crippen LogP contribution in [0.5, 0.6) is 0 Å². The van der Waals surface area contributed by atoms with Crippen molar-refractivity contribution in [3.8, 4) is 12.1 Å². The van der Waals surface area contributed by atoms with Crippen molar-refractivity contribution in [3.05, 3.63) is 86.5 Å². The summed E-state index contributed by atoms with van der Waals surface area (Å²) in [4.78, 5) is 27.2. The van der Waals surface area contributed by atoms with Gasteiger partial charge in [0.25, 0.3) is 0 Å². The van der Waals surface area contributed by atoms with Crippen LogP contribution in [-0.4, -0.2) is 27.6 Å². The molecule has 200 valence electrons. The molecule has 3 aromatic rings. The largest absolute Gasteiger partial charge is 0.384 e. The molecule has 0 fully saturated rings. The highest BCUT2D eigenvalue weighted by molar-refractivity contribution is 9.10. The number of nitrogens with one attached hydrogen (secondary N) is 1. The third kappa shape index (κ3) is 5.36. The van der Waals surface area contributed by atoms with Crippen LogP contribution in [0.4, 0.5) is 15.2 Å². The molecule has 1 aromatic heterocycles. The smallest absolute Gasteiger partial charge is 0.234 e. The molecule has 1 amide bonds. The Bertz CT molecular complexity index is 1670. The number of anilines is 2. The van der Waals surface area contributed by atoms with E-state index in [9.17, 15) is 14.9 Å². The van der Waals surface area contributed by atoms with E-state index in [0.717, 1.165) is 0 Å². The molecule has 1 unspecified atom stereocenters. The maximum Gasteiger partial charge on any atom is 0.234 e. The van der Waals surface area contributed by atoms with Gasteiger partial charge in [-0.25, -0.2) is 4.39 Å². The third-order valence-corrected chi connectivity index (χ3v) is 8.93. The lowest BCUT2D eigenvalue weighted by Gasteiger charge is -2.38. The van der Waals surface area contributed by atoms with Gasteiger partial charge in [-0.05, 0) is 49.2 Å². The molecule has 0 radical (unpaired) electrons. The van der Waals surface area contributed by atoms with Crippen molar-refractivity contribution < 1.29 is 14.0 Å². The van der Waals surface area contributed by atoms with Crippen LogP contribution in [0, 0.1) is 28.5 Å². The van der Waals surface area contributed by atoms with Gasteiger partial charge >= 0.3 is 0 Å². The van der Waals surface area contributed by atoms with Crippen molar-refractivity contribution in [3.63, 3.8) is 0 Å². The number of rotatable bonds is 6. The number of halogens is 2. The summed E-state index contributed by atoms with van der Waals surface area (Å²) >= 11 is 5.59. The molecule has 9 nitrogen and oxygen atoms in total. The summed E-state index contributed by atoms with van der Waals surface area (Å²) in [7, 11) is 0. The molecule has 0 saturated carbocycles. The topological polar surface area (TPSA) is 149 Å². The van der Waals surface area contributed by atoms with E-state index < -0.39 is 11.7 Å². The number of amides is 1. The van der Waals surface area contributed by atoms with Gasteiger partial charge < -0.3 is 11.1 Å². The second-order valence-corrected chi connectivity index (χ2v) is 12.0. The van der Waals surface area contributed by atoms with Crippen LogP contribution in [0.25, 0.3) is 0 Å². The summed E-state index contributed by atoms with van der Waals surface area (Å²) in [5, 5.41) is 30.5. The fourth-order valence-corrected chi connectivity index (χ4v) is 6.67. The zero-order valence-corrected chi connectivity index (χ0v) is 23.9. The number of thioether (sulfide) groups is 1. The minimum absolute atomic E-state index is 0.0563. The van der Waals surface area contributed by atoms with Crippen molar-refractivity contribution in [2.45, 2.75) is 29.5 Å². The number of ketones is 1. The summed E-state index contributed by atoms with van der Waals surface area (Å²) in [5.41, 5.74) is 8.75. The predicted octanol–water partition coefficient (Wildman–Crippen LogP) is 5.35. The molecule has 40 heavy (non-hydrogen) atoms. The molecule has 13 heteroatoms. The first kappa shape index (κ1) is 27.5. The van der Waals surface area contributed by atoms with Gasteiger partial charge in [0.1, 0.15) is 11.6 Å². The van der Waals surface area contributed by atoms with Crippen molar-refractivity contribution >= 4 is 61.5 Å². The summed E-state index contributed by atoms with van der Waals surface area (Å²) in [6.07, 6.45) is 1.35. The van der Waals surface area contributed by atoms with E-state index >= 15 is 4.39 Å².